The molecule has 1 aromatic heterocycles. The zero-order chi connectivity index (χ0) is 15.9. The van der Waals surface area contributed by atoms with Gasteiger partial charge in [-0.1, -0.05) is 38.1 Å². The van der Waals surface area contributed by atoms with Crippen LogP contribution in [0.3, 0.4) is 0 Å². The van der Waals surface area contributed by atoms with Crippen molar-refractivity contribution in [2.75, 3.05) is 13.1 Å². The van der Waals surface area contributed by atoms with Crippen LogP contribution in [0.2, 0.25) is 0 Å². The number of carbonyl (C=O) groups excluding carboxylic acids is 1. The third-order valence-corrected chi connectivity index (χ3v) is 4.06. The molecule has 1 aliphatic heterocycles. The minimum absolute atomic E-state index is 0.0629. The number of hydrogen-bond acceptors (Lipinski definition) is 4. The molecule has 5 heteroatoms. The number of aromatic nitrogens is 2. The van der Waals surface area contributed by atoms with Crippen LogP contribution < -0.4 is 0 Å². The van der Waals surface area contributed by atoms with Gasteiger partial charge in [0, 0.05) is 18.7 Å². The van der Waals surface area contributed by atoms with E-state index in [0.717, 1.165) is 5.56 Å². The zero-order valence-corrected chi connectivity index (χ0v) is 13.5. The predicted octanol–water partition coefficient (Wildman–Crippen LogP) is 2.92. The number of benzene rings is 1. The van der Waals surface area contributed by atoms with Crippen LogP contribution in [0.4, 0.5) is 0 Å². The fourth-order valence-electron chi connectivity index (χ4n) is 2.57. The number of nitrogens with zero attached hydrogens (tertiary/aromatic N) is 3. The Hall–Kier alpha value is -2.17. The van der Waals surface area contributed by atoms with Gasteiger partial charge in [0.15, 0.2) is 5.82 Å². The van der Waals surface area contributed by atoms with E-state index in [4.69, 9.17) is 4.52 Å². The van der Waals surface area contributed by atoms with Crippen molar-refractivity contribution in [2.45, 2.75) is 39.0 Å². The molecule has 1 aromatic carbocycles. The monoisotopic (exact) mass is 299 g/mol. The van der Waals surface area contributed by atoms with Crippen LogP contribution in [0.25, 0.3) is 0 Å². The van der Waals surface area contributed by atoms with E-state index in [1.165, 1.54) is 5.56 Å². The van der Waals surface area contributed by atoms with E-state index in [2.05, 4.69) is 30.9 Å². The molecule has 116 valence electrons. The average molecular weight is 299 g/mol. The fourth-order valence-corrected chi connectivity index (χ4v) is 2.57. The molecule has 0 bridgehead atoms. The lowest BCUT2D eigenvalue weighted by Crippen LogP contribution is -2.48. The molecule has 0 aliphatic carbocycles. The highest BCUT2D eigenvalue weighted by Crippen LogP contribution is 2.28. The van der Waals surface area contributed by atoms with Crippen molar-refractivity contribution in [2.24, 2.45) is 0 Å². The second kappa shape index (κ2) is 5.23. The van der Waals surface area contributed by atoms with Crippen molar-refractivity contribution in [3.8, 4) is 0 Å². The van der Waals surface area contributed by atoms with Crippen molar-refractivity contribution in [3.05, 3.63) is 47.1 Å². The van der Waals surface area contributed by atoms with Crippen molar-refractivity contribution in [1.29, 1.82) is 0 Å². The van der Waals surface area contributed by atoms with Gasteiger partial charge in [-0.05, 0) is 30.0 Å². The van der Waals surface area contributed by atoms with Gasteiger partial charge in [-0.15, -0.1) is 0 Å². The van der Waals surface area contributed by atoms with Gasteiger partial charge in [0.1, 0.15) is 0 Å². The summed E-state index contributed by atoms with van der Waals surface area (Å²) >= 11 is 0. The smallest absolute Gasteiger partial charge is 0.253 e. The molecule has 0 radical (unpaired) electrons. The summed E-state index contributed by atoms with van der Waals surface area (Å²) in [7, 11) is 0. The number of rotatable bonds is 2. The molecule has 2 heterocycles. The summed E-state index contributed by atoms with van der Waals surface area (Å²) < 4.78 is 5.16. The van der Waals surface area contributed by atoms with Gasteiger partial charge in [-0.3, -0.25) is 4.79 Å². The van der Waals surface area contributed by atoms with E-state index in [0.29, 0.717) is 24.8 Å². The van der Waals surface area contributed by atoms with Gasteiger partial charge in [0.05, 0.1) is 5.92 Å². The lowest BCUT2D eigenvalue weighted by molar-refractivity contribution is 0.0569. The van der Waals surface area contributed by atoms with Crippen molar-refractivity contribution >= 4 is 5.91 Å². The van der Waals surface area contributed by atoms with Gasteiger partial charge in [0.2, 0.25) is 5.89 Å². The van der Waals surface area contributed by atoms with Crippen LogP contribution in [-0.2, 0) is 5.41 Å². The first-order chi connectivity index (χ1) is 10.3. The lowest BCUT2D eigenvalue weighted by Gasteiger charge is -2.37. The van der Waals surface area contributed by atoms with Crippen LogP contribution in [-0.4, -0.2) is 34.0 Å². The minimum atomic E-state index is 0.0629. The van der Waals surface area contributed by atoms with Crippen molar-refractivity contribution in [3.63, 3.8) is 0 Å². The lowest BCUT2D eigenvalue weighted by atomic mass is 9.86. The number of likely N-dealkylation sites (tertiary alicyclic amines) is 1. The van der Waals surface area contributed by atoms with Crippen LogP contribution in [0.15, 0.2) is 28.8 Å². The standard InChI is InChI=1S/C17H21N3O2/c1-11-18-15(22-19-11)13-9-20(10-13)16(21)12-5-7-14(8-6-12)17(2,3)4/h5-8,13H,9-10H2,1-4H3. The van der Waals surface area contributed by atoms with Gasteiger partial charge >= 0.3 is 0 Å². The molecular formula is C17H21N3O2. The van der Waals surface area contributed by atoms with Crippen LogP contribution >= 0.6 is 0 Å². The normalized spacial score (nSPS) is 15.7. The molecule has 1 fully saturated rings. The Morgan fingerprint density at radius 1 is 1.23 bits per heavy atom. The van der Waals surface area contributed by atoms with E-state index in [-0.39, 0.29) is 17.2 Å². The Labute approximate surface area is 130 Å². The Morgan fingerprint density at radius 2 is 1.86 bits per heavy atom. The van der Waals surface area contributed by atoms with Crippen LogP contribution in [0, 0.1) is 6.92 Å². The van der Waals surface area contributed by atoms with Gasteiger partial charge in [-0.2, -0.15) is 4.98 Å². The van der Waals surface area contributed by atoms with E-state index in [9.17, 15) is 4.79 Å². The van der Waals surface area contributed by atoms with Gasteiger partial charge in [0.25, 0.3) is 5.91 Å². The summed E-state index contributed by atoms with van der Waals surface area (Å²) in [5.41, 5.74) is 2.05. The first-order valence-corrected chi connectivity index (χ1v) is 7.54. The minimum Gasteiger partial charge on any atom is -0.339 e. The quantitative estimate of drug-likeness (QED) is 0.855. The SMILES string of the molecule is Cc1noc(C2CN(C(=O)c3ccc(C(C)(C)C)cc3)C2)n1. The van der Waals surface area contributed by atoms with Crippen LogP contribution in [0.1, 0.15) is 54.3 Å². The summed E-state index contributed by atoms with van der Waals surface area (Å²) in [6.45, 7) is 9.57. The molecule has 1 amide bonds. The molecule has 0 atom stereocenters. The fraction of sp³-hybridized carbons (Fsp3) is 0.471. The zero-order valence-electron chi connectivity index (χ0n) is 13.5. The predicted molar refractivity (Wildman–Crippen MR) is 82.8 cm³/mol. The first kappa shape index (κ1) is 14.8. The average Bonchev–Trinajstić information content (AvgIpc) is 2.82. The summed E-state index contributed by atoms with van der Waals surface area (Å²) in [4.78, 5) is 18.5. The van der Waals surface area contributed by atoms with Gasteiger partial charge in [-0.25, -0.2) is 0 Å². The largest absolute Gasteiger partial charge is 0.339 e. The highest BCUT2D eigenvalue weighted by molar-refractivity contribution is 5.94. The van der Waals surface area contributed by atoms with E-state index < -0.39 is 0 Å². The Kier molecular flexibility index (Phi) is 3.51. The molecule has 0 spiro atoms. The summed E-state index contributed by atoms with van der Waals surface area (Å²) in [5, 5.41) is 3.79. The molecule has 1 aliphatic rings. The molecule has 5 nitrogen and oxygen atoms in total. The summed E-state index contributed by atoms with van der Waals surface area (Å²) in [5.74, 6) is 1.49. The maximum atomic E-state index is 12.4. The third kappa shape index (κ3) is 2.75. The van der Waals surface area contributed by atoms with Crippen molar-refractivity contribution in [1.82, 2.24) is 15.0 Å². The first-order valence-electron chi connectivity index (χ1n) is 7.54. The molecule has 0 saturated carbocycles. The maximum absolute atomic E-state index is 12.4. The maximum Gasteiger partial charge on any atom is 0.253 e. The second-order valence-corrected chi connectivity index (χ2v) is 6.91. The molecule has 0 unspecified atom stereocenters. The molecule has 22 heavy (non-hydrogen) atoms. The van der Waals surface area contributed by atoms with E-state index in [1.54, 1.807) is 6.92 Å². The molecule has 0 N–H and O–H groups in total. The molecule has 1 saturated heterocycles. The van der Waals surface area contributed by atoms with E-state index in [1.807, 2.05) is 29.2 Å². The topological polar surface area (TPSA) is 59.2 Å². The second-order valence-electron chi connectivity index (χ2n) is 6.91. The molecular weight excluding hydrogens is 278 g/mol. The third-order valence-electron chi connectivity index (χ3n) is 4.06. The number of aryl methyl sites for hydroxylation is 1. The molecule has 3 rings (SSSR count). The Morgan fingerprint density at radius 3 is 2.36 bits per heavy atom. The molecule has 2 aromatic rings. The number of hydrogen-bond donors (Lipinski definition) is 0. The number of amides is 1. The Bertz CT molecular complexity index is 677. The van der Waals surface area contributed by atoms with Gasteiger partial charge < -0.3 is 9.42 Å². The summed E-state index contributed by atoms with van der Waals surface area (Å²) in [6, 6.07) is 7.89. The number of carbonyl (C=O) groups is 1. The highest BCUT2D eigenvalue weighted by atomic mass is 16.5. The highest BCUT2D eigenvalue weighted by Gasteiger charge is 2.35. The van der Waals surface area contributed by atoms with Crippen molar-refractivity contribution < 1.29 is 9.32 Å². The van der Waals surface area contributed by atoms with Crippen LogP contribution in [0.5, 0.6) is 0 Å². The van der Waals surface area contributed by atoms with E-state index >= 15 is 0 Å². The Balaban J connectivity index is 1.64. The summed E-state index contributed by atoms with van der Waals surface area (Å²) in [6.07, 6.45) is 0.